The van der Waals surface area contributed by atoms with Gasteiger partial charge in [0.25, 0.3) is 0 Å². The van der Waals surface area contributed by atoms with E-state index in [0.717, 1.165) is 19.4 Å². The van der Waals surface area contributed by atoms with E-state index in [0.29, 0.717) is 0 Å². The Bertz CT molecular complexity index is 132. The molecule has 1 unspecified atom stereocenters. The van der Waals surface area contributed by atoms with Crippen LogP contribution in [-0.2, 0) is 4.74 Å². The number of ether oxygens (including phenoxy) is 1. The normalized spacial score (nSPS) is 14.8. The van der Waals surface area contributed by atoms with Crippen molar-refractivity contribution in [2.75, 3.05) is 13.7 Å². The van der Waals surface area contributed by atoms with Crippen LogP contribution >= 0.6 is 0 Å². The zero-order chi connectivity index (χ0) is 9.40. The van der Waals surface area contributed by atoms with Gasteiger partial charge in [-0.05, 0) is 19.8 Å². The molecule has 0 heterocycles. The molecule has 72 valence electrons. The van der Waals surface area contributed by atoms with Gasteiger partial charge in [-0.3, -0.25) is 4.99 Å². The van der Waals surface area contributed by atoms with Crippen LogP contribution in [0.25, 0.3) is 0 Å². The first-order chi connectivity index (χ1) is 5.74. The Morgan fingerprint density at radius 3 is 2.50 bits per heavy atom. The predicted molar refractivity (Wildman–Crippen MR) is 54.0 cm³/mol. The van der Waals surface area contributed by atoms with Gasteiger partial charge < -0.3 is 4.74 Å². The summed E-state index contributed by atoms with van der Waals surface area (Å²) in [5, 5.41) is 0. The molecule has 0 amide bonds. The second kappa shape index (κ2) is 7.29. The number of methoxy groups -OCH3 is 1. The number of hydrogen-bond acceptors (Lipinski definition) is 2. The molecule has 2 heteroatoms. The SMILES string of the molecule is CCCC(CC)=NCC(C)OC. The van der Waals surface area contributed by atoms with Crippen molar-refractivity contribution < 1.29 is 4.74 Å². The summed E-state index contributed by atoms with van der Waals surface area (Å²) in [5.41, 5.74) is 1.32. The monoisotopic (exact) mass is 171 g/mol. The molecule has 0 fully saturated rings. The third-order valence-electron chi connectivity index (χ3n) is 1.92. The van der Waals surface area contributed by atoms with Gasteiger partial charge in [0.05, 0.1) is 12.6 Å². The summed E-state index contributed by atoms with van der Waals surface area (Å²) in [4.78, 5) is 4.49. The zero-order valence-electron chi connectivity index (χ0n) is 8.76. The van der Waals surface area contributed by atoms with E-state index >= 15 is 0 Å². The average molecular weight is 171 g/mol. The zero-order valence-corrected chi connectivity index (χ0v) is 8.76. The highest BCUT2D eigenvalue weighted by Gasteiger charge is 1.98. The van der Waals surface area contributed by atoms with Crippen LogP contribution in [-0.4, -0.2) is 25.5 Å². The van der Waals surface area contributed by atoms with Crippen LogP contribution in [0.4, 0.5) is 0 Å². The maximum Gasteiger partial charge on any atom is 0.0738 e. The van der Waals surface area contributed by atoms with Crippen molar-refractivity contribution >= 4 is 5.71 Å². The molecule has 0 aromatic carbocycles. The van der Waals surface area contributed by atoms with E-state index in [1.807, 2.05) is 6.92 Å². The Labute approximate surface area is 76.0 Å². The molecule has 0 spiro atoms. The Balaban J connectivity index is 3.76. The largest absolute Gasteiger partial charge is 0.380 e. The molecular formula is C10H21NO. The van der Waals surface area contributed by atoms with Crippen molar-refractivity contribution in [2.24, 2.45) is 4.99 Å². The van der Waals surface area contributed by atoms with Gasteiger partial charge in [0.1, 0.15) is 0 Å². The molecule has 0 aliphatic carbocycles. The maximum absolute atomic E-state index is 5.12. The highest BCUT2D eigenvalue weighted by atomic mass is 16.5. The third-order valence-corrected chi connectivity index (χ3v) is 1.92. The van der Waals surface area contributed by atoms with Crippen molar-refractivity contribution in [3.8, 4) is 0 Å². The van der Waals surface area contributed by atoms with E-state index in [-0.39, 0.29) is 6.10 Å². The molecular weight excluding hydrogens is 150 g/mol. The molecule has 0 bridgehead atoms. The standard InChI is InChI=1S/C10H21NO/c1-5-7-10(6-2)11-8-9(3)12-4/h9H,5-8H2,1-4H3. The van der Waals surface area contributed by atoms with E-state index in [1.54, 1.807) is 7.11 Å². The van der Waals surface area contributed by atoms with Gasteiger partial charge >= 0.3 is 0 Å². The third kappa shape index (κ3) is 5.30. The van der Waals surface area contributed by atoms with Gasteiger partial charge in [0.15, 0.2) is 0 Å². The fourth-order valence-electron chi connectivity index (χ4n) is 0.988. The molecule has 0 N–H and O–H groups in total. The van der Waals surface area contributed by atoms with Crippen molar-refractivity contribution in [1.29, 1.82) is 0 Å². The smallest absolute Gasteiger partial charge is 0.0738 e. The number of aliphatic imine (C=N–C) groups is 1. The Kier molecular flexibility index (Phi) is 7.06. The lowest BCUT2D eigenvalue weighted by molar-refractivity contribution is 0.125. The molecule has 0 saturated carbocycles. The summed E-state index contributed by atoms with van der Waals surface area (Å²) in [6.45, 7) is 7.19. The molecule has 0 aromatic rings. The molecule has 1 atom stereocenters. The summed E-state index contributed by atoms with van der Waals surface area (Å²) < 4.78 is 5.12. The summed E-state index contributed by atoms with van der Waals surface area (Å²) >= 11 is 0. The molecule has 12 heavy (non-hydrogen) atoms. The van der Waals surface area contributed by atoms with Gasteiger partial charge in [0.2, 0.25) is 0 Å². The summed E-state index contributed by atoms with van der Waals surface area (Å²) in [7, 11) is 1.73. The van der Waals surface area contributed by atoms with Gasteiger partial charge in [-0.15, -0.1) is 0 Å². The first-order valence-corrected chi connectivity index (χ1v) is 4.79. The maximum atomic E-state index is 5.12. The first kappa shape index (κ1) is 11.6. The van der Waals surface area contributed by atoms with Crippen molar-refractivity contribution in [2.45, 2.75) is 46.1 Å². The van der Waals surface area contributed by atoms with Crippen molar-refractivity contribution in [3.05, 3.63) is 0 Å². The fraction of sp³-hybridized carbons (Fsp3) is 0.900. The lowest BCUT2D eigenvalue weighted by Gasteiger charge is -2.07. The second-order valence-electron chi connectivity index (χ2n) is 3.06. The number of hydrogen-bond donors (Lipinski definition) is 0. The van der Waals surface area contributed by atoms with E-state index in [9.17, 15) is 0 Å². The van der Waals surface area contributed by atoms with Gasteiger partial charge in [0, 0.05) is 12.8 Å². The molecule has 0 saturated heterocycles. The second-order valence-corrected chi connectivity index (χ2v) is 3.06. The molecule has 0 radical (unpaired) electrons. The molecule has 0 rings (SSSR count). The van der Waals surface area contributed by atoms with Crippen LogP contribution in [0.5, 0.6) is 0 Å². The van der Waals surface area contributed by atoms with Crippen LogP contribution in [0.15, 0.2) is 4.99 Å². The quantitative estimate of drug-likeness (QED) is 0.563. The van der Waals surface area contributed by atoms with E-state index in [1.165, 1.54) is 12.1 Å². The van der Waals surface area contributed by atoms with Crippen LogP contribution in [0.1, 0.15) is 40.0 Å². The van der Waals surface area contributed by atoms with Crippen LogP contribution in [0.3, 0.4) is 0 Å². The Morgan fingerprint density at radius 2 is 2.08 bits per heavy atom. The minimum Gasteiger partial charge on any atom is -0.380 e. The van der Waals surface area contributed by atoms with Crippen LogP contribution in [0, 0.1) is 0 Å². The first-order valence-electron chi connectivity index (χ1n) is 4.79. The summed E-state index contributed by atoms with van der Waals surface area (Å²) in [6, 6.07) is 0. The molecule has 0 aliphatic heterocycles. The lowest BCUT2D eigenvalue weighted by atomic mass is 10.2. The lowest BCUT2D eigenvalue weighted by Crippen LogP contribution is -2.10. The summed E-state index contributed by atoms with van der Waals surface area (Å²) in [5.74, 6) is 0. The van der Waals surface area contributed by atoms with E-state index in [2.05, 4.69) is 18.8 Å². The topological polar surface area (TPSA) is 21.6 Å². The minimum atomic E-state index is 0.253. The summed E-state index contributed by atoms with van der Waals surface area (Å²) in [6.07, 6.45) is 3.65. The average Bonchev–Trinajstić information content (AvgIpc) is 2.11. The predicted octanol–water partition coefficient (Wildman–Crippen LogP) is 2.67. The Morgan fingerprint density at radius 1 is 1.42 bits per heavy atom. The number of rotatable bonds is 6. The van der Waals surface area contributed by atoms with Gasteiger partial charge in [-0.1, -0.05) is 20.3 Å². The minimum absolute atomic E-state index is 0.253. The number of nitrogens with zero attached hydrogens (tertiary/aromatic N) is 1. The van der Waals surface area contributed by atoms with Crippen LogP contribution in [0.2, 0.25) is 0 Å². The van der Waals surface area contributed by atoms with Crippen molar-refractivity contribution in [1.82, 2.24) is 0 Å². The molecule has 0 aliphatic rings. The van der Waals surface area contributed by atoms with Crippen molar-refractivity contribution in [3.63, 3.8) is 0 Å². The highest BCUT2D eigenvalue weighted by molar-refractivity contribution is 5.84. The fourth-order valence-corrected chi connectivity index (χ4v) is 0.988. The van der Waals surface area contributed by atoms with Gasteiger partial charge in [-0.25, -0.2) is 0 Å². The van der Waals surface area contributed by atoms with Gasteiger partial charge in [-0.2, -0.15) is 0 Å². The highest BCUT2D eigenvalue weighted by Crippen LogP contribution is 1.98. The Hall–Kier alpha value is -0.370. The van der Waals surface area contributed by atoms with E-state index in [4.69, 9.17) is 4.74 Å². The van der Waals surface area contributed by atoms with E-state index < -0.39 is 0 Å². The molecule has 2 nitrogen and oxygen atoms in total. The van der Waals surface area contributed by atoms with Crippen LogP contribution < -0.4 is 0 Å². The molecule has 0 aromatic heterocycles.